The van der Waals surface area contributed by atoms with Crippen LogP contribution in [0.1, 0.15) is 22.7 Å². The molecule has 2 nitrogen and oxygen atoms in total. The second kappa shape index (κ2) is 6.07. The van der Waals surface area contributed by atoms with Crippen LogP contribution >= 0.6 is 0 Å². The third-order valence-corrected chi connectivity index (χ3v) is 3.16. The number of benzene rings is 2. The number of hydrazine groups is 1. The van der Waals surface area contributed by atoms with Gasteiger partial charge in [0.15, 0.2) is 0 Å². The maximum Gasteiger partial charge on any atom is 0.128 e. The van der Waals surface area contributed by atoms with Crippen LogP contribution in [0.25, 0.3) is 0 Å². The Morgan fingerprint density at radius 2 is 1.75 bits per heavy atom. The van der Waals surface area contributed by atoms with Crippen LogP contribution < -0.4 is 11.3 Å². The van der Waals surface area contributed by atoms with E-state index in [0.29, 0.717) is 5.56 Å². The Morgan fingerprint density at radius 1 is 1.05 bits per heavy atom. The van der Waals surface area contributed by atoms with E-state index in [1.165, 1.54) is 6.07 Å². The first-order chi connectivity index (χ1) is 9.51. The molecule has 0 heterocycles. The van der Waals surface area contributed by atoms with Crippen molar-refractivity contribution in [3.05, 3.63) is 70.5 Å². The van der Waals surface area contributed by atoms with Gasteiger partial charge in [0.2, 0.25) is 0 Å². The third-order valence-electron chi connectivity index (χ3n) is 3.16. The minimum Gasteiger partial charge on any atom is -0.271 e. The van der Waals surface area contributed by atoms with Crippen molar-refractivity contribution in [3.8, 4) is 0 Å². The molecule has 2 aromatic carbocycles. The minimum absolute atomic E-state index is 0.0560. The summed E-state index contributed by atoms with van der Waals surface area (Å²) in [4.78, 5) is 0. The SMILES string of the molecule is Cc1ccc(F)c(C(Cc2cc(F)ccc2F)NN)c1. The molecule has 2 aromatic rings. The van der Waals surface area contributed by atoms with Crippen LogP contribution in [0.15, 0.2) is 36.4 Å². The van der Waals surface area contributed by atoms with Gasteiger partial charge in [-0.2, -0.15) is 0 Å². The van der Waals surface area contributed by atoms with Crippen molar-refractivity contribution in [2.75, 3.05) is 0 Å². The van der Waals surface area contributed by atoms with Crippen molar-refractivity contribution in [1.29, 1.82) is 0 Å². The average Bonchev–Trinajstić information content (AvgIpc) is 2.42. The lowest BCUT2D eigenvalue weighted by molar-refractivity contribution is 0.495. The predicted molar refractivity (Wildman–Crippen MR) is 71.3 cm³/mol. The molecule has 2 rings (SSSR count). The number of nitrogens with two attached hydrogens (primary N) is 1. The molecule has 0 aliphatic rings. The fourth-order valence-corrected chi connectivity index (χ4v) is 2.11. The number of hydrogen-bond acceptors (Lipinski definition) is 2. The van der Waals surface area contributed by atoms with Crippen LogP contribution in [-0.2, 0) is 6.42 Å². The number of nitrogens with one attached hydrogen (secondary N) is 1. The highest BCUT2D eigenvalue weighted by Crippen LogP contribution is 2.23. The fraction of sp³-hybridized carbons (Fsp3) is 0.200. The fourth-order valence-electron chi connectivity index (χ4n) is 2.11. The minimum atomic E-state index is -0.633. The van der Waals surface area contributed by atoms with E-state index in [0.717, 1.165) is 23.8 Å². The molecule has 0 aliphatic carbocycles. The number of aryl methyl sites for hydroxylation is 1. The molecule has 0 radical (unpaired) electrons. The van der Waals surface area contributed by atoms with Crippen LogP contribution in [0.4, 0.5) is 13.2 Å². The first-order valence-corrected chi connectivity index (χ1v) is 6.17. The molecule has 0 aliphatic heterocycles. The zero-order chi connectivity index (χ0) is 14.7. The van der Waals surface area contributed by atoms with Gasteiger partial charge in [0.25, 0.3) is 0 Å². The van der Waals surface area contributed by atoms with E-state index in [1.807, 2.05) is 6.92 Å². The average molecular weight is 280 g/mol. The predicted octanol–water partition coefficient (Wildman–Crippen LogP) is 3.16. The Hall–Kier alpha value is -1.85. The van der Waals surface area contributed by atoms with Crippen molar-refractivity contribution in [2.45, 2.75) is 19.4 Å². The summed E-state index contributed by atoms with van der Waals surface area (Å²) in [6.07, 6.45) is 0.0560. The summed E-state index contributed by atoms with van der Waals surface area (Å²) in [5.74, 6) is 3.91. The lowest BCUT2D eigenvalue weighted by atomic mass is 9.97. The highest BCUT2D eigenvalue weighted by atomic mass is 19.1. The maximum absolute atomic E-state index is 13.8. The van der Waals surface area contributed by atoms with E-state index in [4.69, 9.17) is 5.84 Å². The van der Waals surface area contributed by atoms with Crippen LogP contribution in [0, 0.1) is 24.4 Å². The van der Waals surface area contributed by atoms with Crippen molar-refractivity contribution in [2.24, 2.45) is 5.84 Å². The maximum atomic E-state index is 13.8. The standard InChI is InChI=1S/C15H15F3N2/c1-9-2-4-14(18)12(6-9)15(20-19)8-10-7-11(16)3-5-13(10)17/h2-7,15,20H,8,19H2,1H3. The van der Waals surface area contributed by atoms with Gasteiger partial charge in [0.05, 0.1) is 6.04 Å². The summed E-state index contributed by atoms with van der Waals surface area (Å²) in [7, 11) is 0. The molecule has 0 aromatic heterocycles. The van der Waals surface area contributed by atoms with Crippen LogP contribution in [0.5, 0.6) is 0 Å². The van der Waals surface area contributed by atoms with E-state index in [1.54, 1.807) is 12.1 Å². The Morgan fingerprint density at radius 3 is 2.45 bits per heavy atom. The largest absolute Gasteiger partial charge is 0.271 e. The first-order valence-electron chi connectivity index (χ1n) is 6.17. The van der Waals surface area contributed by atoms with Gasteiger partial charge in [-0.25, -0.2) is 13.2 Å². The molecule has 0 saturated carbocycles. The zero-order valence-corrected chi connectivity index (χ0v) is 11.0. The molecule has 20 heavy (non-hydrogen) atoms. The van der Waals surface area contributed by atoms with E-state index >= 15 is 0 Å². The first kappa shape index (κ1) is 14.6. The normalized spacial score (nSPS) is 12.4. The summed E-state index contributed by atoms with van der Waals surface area (Å²) in [5, 5.41) is 0. The molecule has 1 unspecified atom stereocenters. The van der Waals surface area contributed by atoms with Crippen molar-refractivity contribution in [1.82, 2.24) is 5.43 Å². The zero-order valence-electron chi connectivity index (χ0n) is 11.0. The Kier molecular flexibility index (Phi) is 4.42. The van der Waals surface area contributed by atoms with E-state index in [2.05, 4.69) is 5.43 Å². The topological polar surface area (TPSA) is 38.0 Å². The Bertz CT molecular complexity index is 614. The summed E-state index contributed by atoms with van der Waals surface area (Å²) < 4.78 is 40.6. The number of rotatable bonds is 4. The molecule has 106 valence electrons. The van der Waals surface area contributed by atoms with Crippen molar-refractivity contribution in [3.63, 3.8) is 0 Å². The van der Waals surface area contributed by atoms with Gasteiger partial charge in [-0.3, -0.25) is 11.3 Å². The van der Waals surface area contributed by atoms with Gasteiger partial charge >= 0.3 is 0 Å². The second-order valence-electron chi connectivity index (χ2n) is 4.68. The van der Waals surface area contributed by atoms with Gasteiger partial charge in [-0.05, 0) is 43.2 Å². The van der Waals surface area contributed by atoms with Gasteiger partial charge in [0.1, 0.15) is 17.5 Å². The summed E-state index contributed by atoms with van der Waals surface area (Å²) in [6, 6.07) is 7.14. The Balaban J connectivity index is 2.33. The van der Waals surface area contributed by atoms with Crippen LogP contribution in [0.3, 0.4) is 0 Å². The van der Waals surface area contributed by atoms with Crippen molar-refractivity contribution >= 4 is 0 Å². The van der Waals surface area contributed by atoms with Gasteiger partial charge < -0.3 is 0 Å². The molecular formula is C15H15F3N2. The molecule has 0 saturated heterocycles. The molecule has 5 heteroatoms. The van der Waals surface area contributed by atoms with Gasteiger partial charge in [0, 0.05) is 5.56 Å². The number of hydrogen-bond donors (Lipinski definition) is 2. The second-order valence-corrected chi connectivity index (χ2v) is 4.68. The summed E-state index contributed by atoms with van der Waals surface area (Å²) in [6.45, 7) is 1.82. The lowest BCUT2D eigenvalue weighted by Gasteiger charge is -2.18. The highest BCUT2D eigenvalue weighted by molar-refractivity contribution is 5.29. The Labute approximate surface area is 115 Å². The van der Waals surface area contributed by atoms with E-state index in [-0.39, 0.29) is 12.0 Å². The van der Waals surface area contributed by atoms with Crippen molar-refractivity contribution < 1.29 is 13.2 Å². The van der Waals surface area contributed by atoms with Crippen LogP contribution in [-0.4, -0.2) is 0 Å². The van der Waals surface area contributed by atoms with Crippen LogP contribution in [0.2, 0.25) is 0 Å². The number of halogens is 3. The summed E-state index contributed by atoms with van der Waals surface area (Å²) in [5.41, 5.74) is 3.79. The molecule has 0 fully saturated rings. The molecule has 1 atom stereocenters. The molecule has 0 amide bonds. The van der Waals surface area contributed by atoms with E-state index < -0.39 is 23.5 Å². The summed E-state index contributed by atoms with van der Waals surface area (Å²) >= 11 is 0. The highest BCUT2D eigenvalue weighted by Gasteiger charge is 2.17. The lowest BCUT2D eigenvalue weighted by Crippen LogP contribution is -2.30. The molecule has 0 bridgehead atoms. The molecule has 0 spiro atoms. The molecular weight excluding hydrogens is 265 g/mol. The van der Waals surface area contributed by atoms with Gasteiger partial charge in [-0.15, -0.1) is 0 Å². The van der Waals surface area contributed by atoms with E-state index in [9.17, 15) is 13.2 Å². The smallest absolute Gasteiger partial charge is 0.128 e. The molecule has 3 N–H and O–H groups in total. The quantitative estimate of drug-likeness (QED) is 0.667. The van der Waals surface area contributed by atoms with Gasteiger partial charge in [-0.1, -0.05) is 17.7 Å². The third kappa shape index (κ3) is 3.18. The monoisotopic (exact) mass is 280 g/mol.